The van der Waals surface area contributed by atoms with Gasteiger partial charge in [0.05, 0.1) is 6.54 Å². The highest BCUT2D eigenvalue weighted by atomic mass is 35.5. The number of ketones is 1. The second-order valence-corrected chi connectivity index (χ2v) is 7.76. The molecule has 0 unspecified atom stereocenters. The van der Waals surface area contributed by atoms with Gasteiger partial charge in [0.1, 0.15) is 5.41 Å². The van der Waals surface area contributed by atoms with E-state index in [-0.39, 0.29) is 43.0 Å². The first-order valence-electron chi connectivity index (χ1n) is 9.77. The Labute approximate surface area is 186 Å². The Balaban J connectivity index is 0.00000243. The van der Waals surface area contributed by atoms with Crippen molar-refractivity contribution in [1.29, 1.82) is 0 Å². The van der Waals surface area contributed by atoms with Crippen LogP contribution < -0.4 is 11.2 Å². The second kappa shape index (κ2) is 13.2. The predicted octanol–water partition coefficient (Wildman–Crippen LogP) is 1.56. The number of nitrogens with zero attached hydrogens (tertiary/aromatic N) is 2. The zero-order valence-electron chi connectivity index (χ0n) is 16.4. The molecule has 10 heteroatoms. The van der Waals surface area contributed by atoms with Crippen LogP contribution in [0.2, 0.25) is 0 Å². The summed E-state index contributed by atoms with van der Waals surface area (Å²) < 4.78 is 0. The van der Waals surface area contributed by atoms with Crippen LogP contribution in [0.4, 0.5) is 0 Å². The molecule has 0 aromatic rings. The Morgan fingerprint density at radius 3 is 2.07 bits per heavy atom. The Bertz CT molecular complexity index is 479. The summed E-state index contributed by atoms with van der Waals surface area (Å²) in [6.07, 6.45) is 6.44. The molecular weight excluding hydrogens is 427 g/mol. The number of hydrogen-bond acceptors (Lipinski definition) is 7. The topological polar surface area (TPSA) is 87.9 Å². The maximum Gasteiger partial charge on any atom is 0.338 e. The van der Waals surface area contributed by atoms with Crippen LogP contribution in [0, 0.1) is 5.41 Å². The number of rotatable bonds is 5. The highest BCUT2D eigenvalue weighted by molar-refractivity contribution is 6.04. The molecule has 3 N–H and O–H groups in total. The molecule has 0 aromatic heterocycles. The first-order valence-corrected chi connectivity index (χ1v) is 9.77. The molecule has 0 radical (unpaired) electrons. The van der Waals surface area contributed by atoms with Crippen molar-refractivity contribution in [3.05, 3.63) is 0 Å². The van der Waals surface area contributed by atoms with Crippen LogP contribution in [-0.2, 0) is 14.4 Å². The maximum atomic E-state index is 13.0. The van der Waals surface area contributed by atoms with Crippen LogP contribution >= 0.6 is 37.2 Å². The van der Waals surface area contributed by atoms with Crippen LogP contribution in [0.5, 0.6) is 0 Å². The Kier molecular flexibility index (Phi) is 13.1. The van der Waals surface area contributed by atoms with Crippen LogP contribution in [0.15, 0.2) is 0 Å². The number of carbonyl (C=O) groups is 2. The number of Topliss-reactive ketones (excluding diaryl/α,β-unsaturated/α-hetero) is 1. The molecule has 28 heavy (non-hydrogen) atoms. The molecule has 1 saturated carbocycles. The van der Waals surface area contributed by atoms with E-state index in [1.807, 2.05) is 0 Å². The lowest BCUT2D eigenvalue weighted by Crippen LogP contribution is -2.55. The number of halogens is 3. The van der Waals surface area contributed by atoms with Crippen molar-refractivity contribution in [2.75, 3.05) is 45.8 Å². The summed E-state index contributed by atoms with van der Waals surface area (Å²) in [5.41, 5.74) is -1.00. The van der Waals surface area contributed by atoms with Crippen molar-refractivity contribution >= 4 is 49.0 Å². The van der Waals surface area contributed by atoms with E-state index >= 15 is 0 Å². The molecule has 3 aliphatic rings. The van der Waals surface area contributed by atoms with Gasteiger partial charge in [-0.3, -0.25) is 14.6 Å². The fourth-order valence-corrected chi connectivity index (χ4v) is 4.68. The largest absolute Gasteiger partial charge is 0.373 e. The third kappa shape index (κ3) is 6.42. The summed E-state index contributed by atoms with van der Waals surface area (Å²) in [5, 5.41) is 3.41. The van der Waals surface area contributed by atoms with Crippen LogP contribution in [0.1, 0.15) is 44.9 Å². The predicted molar refractivity (Wildman–Crippen MR) is 116 cm³/mol. The summed E-state index contributed by atoms with van der Waals surface area (Å²) >= 11 is 0. The van der Waals surface area contributed by atoms with E-state index in [2.05, 4.69) is 20.0 Å². The molecule has 0 aromatic carbocycles. The average Bonchev–Trinajstić information content (AvgIpc) is 2.69. The van der Waals surface area contributed by atoms with E-state index < -0.39 is 11.4 Å². The van der Waals surface area contributed by atoms with Gasteiger partial charge in [0.15, 0.2) is 5.78 Å². The molecule has 166 valence electrons. The van der Waals surface area contributed by atoms with E-state index in [4.69, 9.17) is 5.90 Å². The van der Waals surface area contributed by atoms with Crippen LogP contribution in [0.3, 0.4) is 0 Å². The van der Waals surface area contributed by atoms with Crippen molar-refractivity contribution in [2.45, 2.75) is 51.0 Å². The maximum absolute atomic E-state index is 13.0. The molecule has 3 rings (SSSR count). The van der Waals surface area contributed by atoms with Gasteiger partial charge in [0.25, 0.3) is 0 Å². The van der Waals surface area contributed by atoms with Crippen molar-refractivity contribution < 1.29 is 14.4 Å². The standard InChI is InChI=1S/C18H32N4O3.3ClH/c19-25-17(24)18(6-2-1-3-7-18)16(23)14-21-10-12-22(13-11-21)15-4-8-20-9-5-15;;;/h15,20H,1-14,19H2;3*1H. The molecule has 0 amide bonds. The average molecular weight is 462 g/mol. The third-order valence-corrected chi connectivity index (χ3v) is 6.34. The van der Waals surface area contributed by atoms with Gasteiger partial charge < -0.3 is 10.2 Å². The van der Waals surface area contributed by atoms with Gasteiger partial charge in [-0.05, 0) is 38.8 Å². The summed E-state index contributed by atoms with van der Waals surface area (Å²) in [7, 11) is 0. The molecular formula is C18H35Cl3N4O3. The summed E-state index contributed by atoms with van der Waals surface area (Å²) in [5.74, 6) is 4.59. The van der Waals surface area contributed by atoms with Crippen molar-refractivity contribution in [2.24, 2.45) is 11.3 Å². The van der Waals surface area contributed by atoms with Crippen molar-refractivity contribution in [3.63, 3.8) is 0 Å². The first-order chi connectivity index (χ1) is 12.2. The number of piperidine rings is 1. The smallest absolute Gasteiger partial charge is 0.338 e. The Morgan fingerprint density at radius 2 is 1.54 bits per heavy atom. The number of nitrogens with one attached hydrogen (secondary N) is 1. The molecule has 0 bridgehead atoms. The summed E-state index contributed by atoms with van der Waals surface area (Å²) in [6, 6.07) is 0.677. The number of carbonyl (C=O) groups excluding carboxylic acids is 2. The van der Waals surface area contributed by atoms with Gasteiger partial charge in [-0.15, -0.1) is 37.2 Å². The van der Waals surface area contributed by atoms with Gasteiger partial charge in [0, 0.05) is 32.2 Å². The highest BCUT2D eigenvalue weighted by Gasteiger charge is 2.47. The van der Waals surface area contributed by atoms with E-state index in [9.17, 15) is 9.59 Å². The summed E-state index contributed by atoms with van der Waals surface area (Å²) in [6.45, 7) is 6.35. The van der Waals surface area contributed by atoms with Crippen LogP contribution in [-0.4, -0.2) is 73.4 Å². The quantitative estimate of drug-likeness (QED) is 0.474. The van der Waals surface area contributed by atoms with Gasteiger partial charge in [-0.2, -0.15) is 5.90 Å². The first kappa shape index (κ1) is 27.8. The van der Waals surface area contributed by atoms with Crippen LogP contribution in [0.25, 0.3) is 0 Å². The number of nitrogens with two attached hydrogens (primary N) is 1. The Hall–Kier alpha value is -0.150. The SMILES string of the molecule is Cl.Cl.Cl.NOC(=O)C1(C(=O)CN2CCN(C3CCNCC3)CC2)CCCCC1. The molecule has 2 saturated heterocycles. The molecule has 2 heterocycles. The lowest BCUT2D eigenvalue weighted by Gasteiger charge is -2.41. The fourth-order valence-electron chi connectivity index (χ4n) is 4.68. The number of piperazine rings is 1. The zero-order valence-corrected chi connectivity index (χ0v) is 18.8. The van der Waals surface area contributed by atoms with Crippen molar-refractivity contribution in [1.82, 2.24) is 15.1 Å². The molecule has 3 fully saturated rings. The second-order valence-electron chi connectivity index (χ2n) is 7.76. The minimum absolute atomic E-state index is 0. The zero-order chi connectivity index (χ0) is 17.7. The molecule has 1 aliphatic carbocycles. The molecule has 2 aliphatic heterocycles. The molecule has 0 atom stereocenters. The Morgan fingerprint density at radius 1 is 0.964 bits per heavy atom. The minimum Gasteiger partial charge on any atom is -0.373 e. The highest BCUT2D eigenvalue weighted by Crippen LogP contribution is 2.38. The van der Waals surface area contributed by atoms with Gasteiger partial charge >= 0.3 is 5.97 Å². The monoisotopic (exact) mass is 460 g/mol. The van der Waals surface area contributed by atoms with E-state index in [1.54, 1.807) is 0 Å². The van der Waals surface area contributed by atoms with Gasteiger partial charge in [-0.1, -0.05) is 19.3 Å². The van der Waals surface area contributed by atoms with E-state index in [1.165, 1.54) is 12.8 Å². The van der Waals surface area contributed by atoms with Gasteiger partial charge in [0.2, 0.25) is 0 Å². The minimum atomic E-state index is -1.00. The van der Waals surface area contributed by atoms with E-state index in [0.717, 1.165) is 58.5 Å². The van der Waals surface area contributed by atoms with E-state index in [0.29, 0.717) is 25.4 Å². The summed E-state index contributed by atoms with van der Waals surface area (Å²) in [4.78, 5) is 34.4. The number of hydrogen-bond donors (Lipinski definition) is 2. The molecule has 0 spiro atoms. The molecule has 7 nitrogen and oxygen atoms in total. The third-order valence-electron chi connectivity index (χ3n) is 6.34. The van der Waals surface area contributed by atoms with Crippen molar-refractivity contribution in [3.8, 4) is 0 Å². The normalized spacial score (nSPS) is 23.5. The van der Waals surface area contributed by atoms with Gasteiger partial charge in [-0.25, -0.2) is 4.79 Å². The lowest BCUT2D eigenvalue weighted by atomic mass is 9.71. The lowest BCUT2D eigenvalue weighted by molar-refractivity contribution is -0.164. The fraction of sp³-hybridized carbons (Fsp3) is 0.889.